The Labute approximate surface area is 129 Å². The van der Waals surface area contributed by atoms with Gasteiger partial charge in [0, 0.05) is 17.8 Å². The second-order valence-corrected chi connectivity index (χ2v) is 5.30. The molecule has 2 aromatic carbocycles. The first kappa shape index (κ1) is 13.9. The van der Waals surface area contributed by atoms with Gasteiger partial charge in [0.2, 0.25) is 0 Å². The molecular formula is C18H16ClNO. The first-order valence-electron chi connectivity index (χ1n) is 6.87. The minimum atomic E-state index is -0.0551. The molecule has 1 N–H and O–H groups in total. The zero-order chi connectivity index (χ0) is 14.7. The van der Waals surface area contributed by atoms with E-state index < -0.39 is 0 Å². The van der Waals surface area contributed by atoms with Gasteiger partial charge in [0.25, 0.3) is 0 Å². The van der Waals surface area contributed by atoms with Crippen LogP contribution >= 0.6 is 11.6 Å². The highest BCUT2D eigenvalue weighted by Gasteiger charge is 2.14. The third kappa shape index (κ3) is 2.87. The second kappa shape index (κ2) is 6.17. The Kier molecular flexibility index (Phi) is 4.09. The van der Waals surface area contributed by atoms with Crippen molar-refractivity contribution in [1.29, 1.82) is 0 Å². The van der Waals surface area contributed by atoms with E-state index in [1.54, 1.807) is 0 Å². The summed E-state index contributed by atoms with van der Waals surface area (Å²) in [4.78, 5) is 0. The van der Waals surface area contributed by atoms with Crippen molar-refractivity contribution >= 4 is 11.6 Å². The number of hydrogen-bond acceptors (Lipinski definition) is 1. The van der Waals surface area contributed by atoms with E-state index in [2.05, 4.69) is 12.1 Å². The number of aliphatic hydroxyl groups excluding tert-OH is 1. The lowest BCUT2D eigenvalue weighted by Crippen LogP contribution is -2.02. The average molecular weight is 298 g/mol. The van der Waals surface area contributed by atoms with E-state index in [0.29, 0.717) is 11.7 Å². The van der Waals surface area contributed by atoms with Crippen molar-refractivity contribution in [3.63, 3.8) is 0 Å². The van der Waals surface area contributed by atoms with Gasteiger partial charge in [-0.05, 0) is 17.2 Å². The lowest BCUT2D eigenvalue weighted by atomic mass is 10.1. The summed E-state index contributed by atoms with van der Waals surface area (Å²) in [7, 11) is 0. The molecule has 2 nitrogen and oxygen atoms in total. The Morgan fingerprint density at radius 1 is 0.905 bits per heavy atom. The summed E-state index contributed by atoms with van der Waals surface area (Å²) in [6.07, 6.45) is 0. The molecular weight excluding hydrogens is 282 g/mol. The molecule has 0 aliphatic carbocycles. The van der Waals surface area contributed by atoms with Crippen molar-refractivity contribution in [2.24, 2.45) is 0 Å². The maximum absolute atomic E-state index is 9.47. The van der Waals surface area contributed by atoms with E-state index in [1.807, 2.05) is 59.2 Å². The third-order valence-corrected chi connectivity index (χ3v) is 3.97. The van der Waals surface area contributed by atoms with Crippen LogP contribution in [0.1, 0.15) is 11.1 Å². The van der Waals surface area contributed by atoms with Crippen LogP contribution in [0, 0.1) is 0 Å². The summed E-state index contributed by atoms with van der Waals surface area (Å²) in [6.45, 7) is 0.629. The van der Waals surface area contributed by atoms with Gasteiger partial charge in [-0.3, -0.25) is 0 Å². The van der Waals surface area contributed by atoms with Crippen LogP contribution in [0.4, 0.5) is 0 Å². The van der Waals surface area contributed by atoms with Gasteiger partial charge in [-0.15, -0.1) is 0 Å². The molecule has 106 valence electrons. The van der Waals surface area contributed by atoms with Crippen molar-refractivity contribution in [3.8, 4) is 11.3 Å². The number of aromatic nitrogens is 1. The lowest BCUT2D eigenvalue weighted by molar-refractivity contribution is 0.282. The number of halogens is 1. The largest absolute Gasteiger partial charge is 0.392 e. The van der Waals surface area contributed by atoms with E-state index in [0.717, 1.165) is 16.8 Å². The highest BCUT2D eigenvalue weighted by atomic mass is 35.5. The Morgan fingerprint density at radius 2 is 1.52 bits per heavy atom. The van der Waals surface area contributed by atoms with Gasteiger partial charge in [0.05, 0.1) is 6.61 Å². The van der Waals surface area contributed by atoms with Gasteiger partial charge in [-0.25, -0.2) is 0 Å². The van der Waals surface area contributed by atoms with Crippen LogP contribution in [0.15, 0.2) is 66.7 Å². The number of hydrogen-bond donors (Lipinski definition) is 1. The van der Waals surface area contributed by atoms with Crippen LogP contribution in [-0.2, 0) is 13.2 Å². The molecule has 0 amide bonds. The van der Waals surface area contributed by atoms with E-state index in [-0.39, 0.29) is 6.61 Å². The first-order chi connectivity index (χ1) is 10.3. The maximum atomic E-state index is 9.47. The van der Waals surface area contributed by atoms with Crippen LogP contribution in [-0.4, -0.2) is 9.67 Å². The molecule has 0 saturated heterocycles. The number of aliphatic hydroxyl groups is 1. The Morgan fingerprint density at radius 3 is 2.14 bits per heavy atom. The fourth-order valence-corrected chi connectivity index (χ4v) is 2.73. The summed E-state index contributed by atoms with van der Waals surface area (Å²) in [5.74, 6) is 0. The molecule has 21 heavy (non-hydrogen) atoms. The van der Waals surface area contributed by atoms with Crippen molar-refractivity contribution in [2.45, 2.75) is 13.2 Å². The van der Waals surface area contributed by atoms with Crippen molar-refractivity contribution in [3.05, 3.63) is 83.0 Å². The minimum Gasteiger partial charge on any atom is -0.392 e. The molecule has 0 unspecified atom stereocenters. The number of benzene rings is 2. The predicted octanol–water partition coefficient (Wildman–Crippen LogP) is 4.35. The van der Waals surface area contributed by atoms with Gasteiger partial charge < -0.3 is 9.67 Å². The molecule has 3 heteroatoms. The fraction of sp³-hybridized carbons (Fsp3) is 0.111. The second-order valence-electron chi connectivity index (χ2n) is 4.94. The van der Waals surface area contributed by atoms with Crippen molar-refractivity contribution < 1.29 is 5.11 Å². The van der Waals surface area contributed by atoms with Crippen LogP contribution in [0.25, 0.3) is 11.3 Å². The van der Waals surface area contributed by atoms with Crippen molar-refractivity contribution in [1.82, 2.24) is 4.57 Å². The first-order valence-corrected chi connectivity index (χ1v) is 7.25. The lowest BCUT2D eigenvalue weighted by Gasteiger charge is -2.11. The van der Waals surface area contributed by atoms with Crippen LogP contribution in [0.3, 0.4) is 0 Å². The smallest absolute Gasteiger partial charge is 0.115 e. The van der Waals surface area contributed by atoms with Crippen LogP contribution in [0.2, 0.25) is 5.15 Å². The summed E-state index contributed by atoms with van der Waals surface area (Å²) < 4.78 is 2.04. The zero-order valence-corrected chi connectivity index (χ0v) is 12.3. The van der Waals surface area contributed by atoms with Gasteiger partial charge in [-0.1, -0.05) is 72.3 Å². The molecule has 0 aliphatic heterocycles. The molecule has 1 heterocycles. The predicted molar refractivity (Wildman–Crippen MR) is 86.3 cm³/mol. The standard InChI is InChI=1S/C18H16ClNO/c19-18-16(13-21)11-17(15-9-5-2-6-10-15)20(18)12-14-7-3-1-4-8-14/h1-11,21H,12-13H2. The van der Waals surface area contributed by atoms with Gasteiger partial charge in [-0.2, -0.15) is 0 Å². The SMILES string of the molecule is OCc1cc(-c2ccccc2)n(Cc2ccccc2)c1Cl. The molecule has 0 spiro atoms. The number of nitrogens with zero attached hydrogens (tertiary/aromatic N) is 1. The van der Waals surface area contributed by atoms with Gasteiger partial charge in [0.15, 0.2) is 0 Å². The zero-order valence-electron chi connectivity index (χ0n) is 11.5. The summed E-state index contributed by atoms with van der Waals surface area (Å²) >= 11 is 6.43. The Balaban J connectivity index is 2.08. The van der Waals surface area contributed by atoms with Crippen molar-refractivity contribution in [2.75, 3.05) is 0 Å². The Bertz CT molecular complexity index is 720. The van der Waals surface area contributed by atoms with Gasteiger partial charge in [0.1, 0.15) is 5.15 Å². The highest BCUT2D eigenvalue weighted by Crippen LogP contribution is 2.30. The molecule has 3 aromatic rings. The molecule has 0 aliphatic rings. The summed E-state index contributed by atoms with van der Waals surface area (Å²) in [5, 5.41) is 10.1. The summed E-state index contributed by atoms with van der Waals surface area (Å²) in [6, 6.07) is 22.2. The average Bonchev–Trinajstić information content (AvgIpc) is 2.86. The van der Waals surface area contributed by atoms with Crippen LogP contribution < -0.4 is 0 Å². The Hall–Kier alpha value is -2.03. The normalized spacial score (nSPS) is 10.8. The topological polar surface area (TPSA) is 25.2 Å². The molecule has 0 fully saturated rings. The summed E-state index contributed by atoms with van der Waals surface area (Å²) in [5.41, 5.74) is 4.05. The van der Waals surface area contributed by atoms with Crippen LogP contribution in [0.5, 0.6) is 0 Å². The van der Waals surface area contributed by atoms with E-state index in [4.69, 9.17) is 11.6 Å². The monoisotopic (exact) mass is 297 g/mol. The molecule has 1 aromatic heterocycles. The minimum absolute atomic E-state index is 0.0551. The molecule has 3 rings (SSSR count). The highest BCUT2D eigenvalue weighted by molar-refractivity contribution is 6.30. The molecule has 0 atom stereocenters. The third-order valence-electron chi connectivity index (χ3n) is 3.53. The molecule has 0 bridgehead atoms. The van der Waals surface area contributed by atoms with E-state index in [1.165, 1.54) is 5.56 Å². The van der Waals surface area contributed by atoms with E-state index >= 15 is 0 Å². The fourth-order valence-electron chi connectivity index (χ4n) is 2.46. The van der Waals surface area contributed by atoms with E-state index in [9.17, 15) is 5.11 Å². The molecule has 0 saturated carbocycles. The molecule has 0 radical (unpaired) electrons. The quantitative estimate of drug-likeness (QED) is 0.761. The number of rotatable bonds is 4. The maximum Gasteiger partial charge on any atom is 0.115 e. The van der Waals surface area contributed by atoms with Gasteiger partial charge >= 0.3 is 0 Å².